The fourth-order valence-corrected chi connectivity index (χ4v) is 2.09. The molecule has 0 radical (unpaired) electrons. The van der Waals surface area contributed by atoms with E-state index in [2.05, 4.69) is 29.6 Å². The van der Waals surface area contributed by atoms with E-state index in [1.807, 2.05) is 50.2 Å². The van der Waals surface area contributed by atoms with Crippen molar-refractivity contribution in [2.45, 2.75) is 27.2 Å². The number of amides is 1. The Bertz CT molecular complexity index is 691. The molecule has 0 heterocycles. The number of ether oxygens (including phenoxy) is 1. The van der Waals surface area contributed by atoms with Gasteiger partial charge in [-0.1, -0.05) is 49.4 Å². The minimum atomic E-state index is -0.280. The molecule has 0 aliphatic heterocycles. The van der Waals surface area contributed by atoms with Crippen LogP contribution in [0, 0.1) is 6.92 Å². The van der Waals surface area contributed by atoms with Crippen molar-refractivity contribution in [3.05, 3.63) is 65.2 Å². The average molecular weight is 310 g/mol. The maximum Gasteiger partial charge on any atom is 0.277 e. The van der Waals surface area contributed by atoms with E-state index in [4.69, 9.17) is 4.74 Å². The zero-order valence-corrected chi connectivity index (χ0v) is 13.8. The first-order valence-electron chi connectivity index (χ1n) is 7.71. The number of aryl methyl sites for hydroxylation is 2. The zero-order chi connectivity index (χ0) is 16.7. The fraction of sp³-hybridized carbons (Fsp3) is 0.263. The molecule has 23 heavy (non-hydrogen) atoms. The number of nitrogens with one attached hydrogen (secondary N) is 1. The lowest BCUT2D eigenvalue weighted by Gasteiger charge is -2.08. The second-order valence-corrected chi connectivity index (χ2v) is 5.34. The molecule has 0 saturated heterocycles. The standard InChI is InChI=1S/C19H22N2O2/c1-4-16-9-11-17(12-10-16)15(3)20-21-19(22)13-23-18-8-6-5-7-14(18)2/h5-12H,4,13H2,1-3H3,(H,21,22). The Morgan fingerprint density at radius 2 is 1.83 bits per heavy atom. The highest BCUT2D eigenvalue weighted by molar-refractivity contribution is 5.99. The third kappa shape index (κ3) is 4.95. The van der Waals surface area contributed by atoms with Gasteiger partial charge in [0.2, 0.25) is 0 Å². The Morgan fingerprint density at radius 1 is 1.13 bits per heavy atom. The van der Waals surface area contributed by atoms with E-state index in [9.17, 15) is 4.79 Å². The molecule has 0 aliphatic carbocycles. The van der Waals surface area contributed by atoms with Crippen molar-refractivity contribution in [1.82, 2.24) is 5.43 Å². The molecule has 120 valence electrons. The predicted octanol–water partition coefficient (Wildman–Crippen LogP) is 3.48. The van der Waals surface area contributed by atoms with Crippen molar-refractivity contribution in [3.63, 3.8) is 0 Å². The van der Waals surface area contributed by atoms with Crippen LogP contribution in [-0.4, -0.2) is 18.2 Å². The molecule has 4 heteroatoms. The van der Waals surface area contributed by atoms with Gasteiger partial charge in [-0.25, -0.2) is 5.43 Å². The SMILES string of the molecule is CCc1ccc(C(C)=NNC(=O)COc2ccccc2C)cc1. The number of carbonyl (C=O) groups excluding carboxylic acids is 1. The van der Waals surface area contributed by atoms with Crippen molar-refractivity contribution in [3.8, 4) is 5.75 Å². The van der Waals surface area contributed by atoms with E-state index in [0.717, 1.165) is 23.3 Å². The van der Waals surface area contributed by atoms with E-state index >= 15 is 0 Å². The van der Waals surface area contributed by atoms with Gasteiger partial charge in [-0.2, -0.15) is 5.10 Å². The lowest BCUT2D eigenvalue weighted by molar-refractivity contribution is -0.123. The average Bonchev–Trinajstić information content (AvgIpc) is 2.59. The molecule has 4 nitrogen and oxygen atoms in total. The maximum atomic E-state index is 11.8. The van der Waals surface area contributed by atoms with Crippen molar-refractivity contribution < 1.29 is 9.53 Å². The minimum absolute atomic E-state index is 0.0591. The van der Waals surface area contributed by atoms with Crippen LogP contribution in [0.4, 0.5) is 0 Å². The molecular formula is C19H22N2O2. The summed E-state index contributed by atoms with van der Waals surface area (Å²) < 4.78 is 5.49. The molecule has 0 spiro atoms. The lowest BCUT2D eigenvalue weighted by atomic mass is 10.1. The third-order valence-electron chi connectivity index (χ3n) is 3.58. The number of hydrazone groups is 1. The second kappa shape index (κ2) is 8.13. The largest absolute Gasteiger partial charge is 0.483 e. The van der Waals surface area contributed by atoms with Gasteiger partial charge in [0.05, 0.1) is 5.71 Å². The molecule has 1 amide bonds. The van der Waals surface area contributed by atoms with Crippen LogP contribution in [0.25, 0.3) is 0 Å². The number of rotatable bonds is 6. The molecule has 0 aromatic heterocycles. The smallest absolute Gasteiger partial charge is 0.277 e. The van der Waals surface area contributed by atoms with Crippen LogP contribution >= 0.6 is 0 Å². The molecule has 0 unspecified atom stereocenters. The minimum Gasteiger partial charge on any atom is -0.483 e. The number of nitrogens with zero attached hydrogens (tertiary/aromatic N) is 1. The van der Waals surface area contributed by atoms with Crippen molar-refractivity contribution >= 4 is 11.6 Å². The van der Waals surface area contributed by atoms with Crippen molar-refractivity contribution in [1.29, 1.82) is 0 Å². The number of hydrogen-bond donors (Lipinski definition) is 1. The zero-order valence-electron chi connectivity index (χ0n) is 13.8. The van der Waals surface area contributed by atoms with Crippen molar-refractivity contribution in [2.24, 2.45) is 5.10 Å². The summed E-state index contributed by atoms with van der Waals surface area (Å²) in [5.74, 6) is 0.427. The highest BCUT2D eigenvalue weighted by Crippen LogP contribution is 2.15. The van der Waals surface area contributed by atoms with E-state index in [-0.39, 0.29) is 12.5 Å². The third-order valence-corrected chi connectivity index (χ3v) is 3.58. The van der Waals surface area contributed by atoms with E-state index < -0.39 is 0 Å². The Hall–Kier alpha value is -2.62. The van der Waals surface area contributed by atoms with Crippen LogP contribution < -0.4 is 10.2 Å². The van der Waals surface area contributed by atoms with Crippen molar-refractivity contribution in [2.75, 3.05) is 6.61 Å². The quantitative estimate of drug-likeness (QED) is 0.656. The molecule has 0 fully saturated rings. The van der Waals surface area contributed by atoms with Crippen LogP contribution in [0.1, 0.15) is 30.5 Å². The van der Waals surface area contributed by atoms with E-state index in [0.29, 0.717) is 5.75 Å². The highest BCUT2D eigenvalue weighted by Gasteiger charge is 2.04. The monoisotopic (exact) mass is 310 g/mol. The molecular weight excluding hydrogens is 288 g/mol. The Kier molecular flexibility index (Phi) is 5.92. The number of para-hydroxylation sites is 1. The first-order valence-corrected chi connectivity index (χ1v) is 7.71. The lowest BCUT2D eigenvalue weighted by Crippen LogP contribution is -2.25. The summed E-state index contributed by atoms with van der Waals surface area (Å²) in [7, 11) is 0. The molecule has 0 atom stereocenters. The molecule has 0 saturated carbocycles. The first kappa shape index (κ1) is 16.7. The summed E-state index contributed by atoms with van der Waals surface area (Å²) in [5, 5.41) is 4.12. The maximum absolute atomic E-state index is 11.8. The summed E-state index contributed by atoms with van der Waals surface area (Å²) >= 11 is 0. The van der Waals surface area contributed by atoms with Gasteiger partial charge in [-0.15, -0.1) is 0 Å². The number of carbonyl (C=O) groups is 1. The van der Waals surface area contributed by atoms with E-state index in [1.165, 1.54) is 5.56 Å². The molecule has 2 aromatic rings. The Labute approximate surface area is 137 Å². The highest BCUT2D eigenvalue weighted by atomic mass is 16.5. The molecule has 0 aliphatic rings. The van der Waals surface area contributed by atoms with Crippen LogP contribution in [0.15, 0.2) is 53.6 Å². The molecule has 2 rings (SSSR count). The second-order valence-electron chi connectivity index (χ2n) is 5.34. The van der Waals surface area contributed by atoms with Gasteiger partial charge in [0.1, 0.15) is 5.75 Å². The summed E-state index contributed by atoms with van der Waals surface area (Å²) in [4.78, 5) is 11.8. The van der Waals surface area contributed by atoms with Gasteiger partial charge in [-0.05, 0) is 43.0 Å². The molecule has 1 N–H and O–H groups in total. The molecule has 2 aromatic carbocycles. The van der Waals surface area contributed by atoms with Gasteiger partial charge >= 0.3 is 0 Å². The number of benzene rings is 2. The van der Waals surface area contributed by atoms with Crippen LogP contribution in [0.3, 0.4) is 0 Å². The molecule has 0 bridgehead atoms. The van der Waals surface area contributed by atoms with Gasteiger partial charge in [-0.3, -0.25) is 4.79 Å². The Morgan fingerprint density at radius 3 is 2.48 bits per heavy atom. The van der Waals surface area contributed by atoms with Crippen LogP contribution in [-0.2, 0) is 11.2 Å². The summed E-state index contributed by atoms with van der Waals surface area (Å²) in [5.41, 5.74) is 6.54. The van der Waals surface area contributed by atoms with Gasteiger partial charge in [0.25, 0.3) is 5.91 Å². The predicted molar refractivity (Wildman–Crippen MR) is 92.8 cm³/mol. The number of hydrogen-bond acceptors (Lipinski definition) is 3. The van der Waals surface area contributed by atoms with Gasteiger partial charge < -0.3 is 4.74 Å². The first-order chi connectivity index (χ1) is 11.1. The summed E-state index contributed by atoms with van der Waals surface area (Å²) in [6.07, 6.45) is 1.00. The van der Waals surface area contributed by atoms with Gasteiger partial charge in [0, 0.05) is 0 Å². The normalized spacial score (nSPS) is 11.2. The van der Waals surface area contributed by atoms with Gasteiger partial charge in [0.15, 0.2) is 6.61 Å². The van der Waals surface area contributed by atoms with Crippen LogP contribution in [0.5, 0.6) is 5.75 Å². The fourth-order valence-electron chi connectivity index (χ4n) is 2.09. The topological polar surface area (TPSA) is 50.7 Å². The summed E-state index contributed by atoms with van der Waals surface area (Å²) in [6, 6.07) is 15.7. The van der Waals surface area contributed by atoms with Crippen LogP contribution in [0.2, 0.25) is 0 Å². The summed E-state index contributed by atoms with van der Waals surface area (Å²) in [6.45, 7) is 5.86. The Balaban J connectivity index is 1.88. The van der Waals surface area contributed by atoms with E-state index in [1.54, 1.807) is 0 Å².